The molecule has 3 aliphatic rings. The minimum Gasteiger partial charge on any atom is -0.404 e. The molecule has 2 heterocycles. The molecule has 4 heteroatoms. The van der Waals surface area contributed by atoms with Crippen LogP contribution < -0.4 is 5.46 Å². The molecule has 7 aromatic rings. The first kappa shape index (κ1) is 25.4. The molecule has 45 heavy (non-hydrogen) atoms. The quantitative estimate of drug-likeness (QED) is 0.192. The first-order chi connectivity index (χ1) is 22.1. The smallest absolute Gasteiger partial charge is 0.404 e. The molecule has 1 aromatic heterocycles. The maximum absolute atomic E-state index is 6.31. The number of hydrogen-bond acceptors (Lipinski definition) is 2. The van der Waals surface area contributed by atoms with Crippen LogP contribution in [0.4, 0.5) is 0 Å². The number of aromatic nitrogens is 1. The summed E-state index contributed by atoms with van der Waals surface area (Å²) in [6.07, 6.45) is 0. The van der Waals surface area contributed by atoms with Crippen LogP contribution >= 0.6 is 0 Å². The lowest BCUT2D eigenvalue weighted by Gasteiger charge is -2.30. The van der Waals surface area contributed by atoms with Crippen LogP contribution in [-0.2, 0) is 14.7 Å². The van der Waals surface area contributed by atoms with Crippen molar-refractivity contribution in [2.24, 2.45) is 0 Å². The van der Waals surface area contributed by atoms with Crippen molar-refractivity contribution in [1.29, 1.82) is 0 Å². The zero-order valence-corrected chi connectivity index (χ0v) is 25.2. The van der Waals surface area contributed by atoms with Gasteiger partial charge in [0.2, 0.25) is 0 Å². The molecule has 0 radical (unpaired) electrons. The zero-order chi connectivity index (χ0) is 29.9. The summed E-state index contributed by atoms with van der Waals surface area (Å²) < 4.78 is 14.9. The summed E-state index contributed by atoms with van der Waals surface area (Å²) in [5.41, 5.74) is 14.6. The molecule has 0 amide bonds. The molecule has 1 saturated heterocycles. The summed E-state index contributed by atoms with van der Waals surface area (Å²) in [7, 11) is -0.371. The third-order valence-corrected chi connectivity index (χ3v) is 10.2. The second-order valence-electron chi connectivity index (χ2n) is 13.2. The van der Waals surface area contributed by atoms with Gasteiger partial charge in [0.25, 0.3) is 0 Å². The van der Waals surface area contributed by atoms with Crippen LogP contribution in [0.2, 0.25) is 0 Å². The van der Waals surface area contributed by atoms with Crippen LogP contribution in [0.5, 0.6) is 0 Å². The van der Waals surface area contributed by atoms with Crippen molar-refractivity contribution in [1.82, 2.24) is 4.57 Å². The van der Waals surface area contributed by atoms with E-state index in [0.29, 0.717) is 6.61 Å². The van der Waals surface area contributed by atoms with Crippen molar-refractivity contribution >= 4 is 34.4 Å². The Bertz CT molecular complexity index is 2310. The fourth-order valence-corrected chi connectivity index (χ4v) is 8.49. The van der Waals surface area contributed by atoms with E-state index in [4.69, 9.17) is 9.31 Å². The number of benzene rings is 6. The summed E-state index contributed by atoms with van der Waals surface area (Å²) in [4.78, 5) is 0. The van der Waals surface area contributed by atoms with Gasteiger partial charge in [-0.25, -0.2) is 0 Å². The van der Waals surface area contributed by atoms with Crippen molar-refractivity contribution in [2.75, 3.05) is 6.61 Å². The molecule has 1 aliphatic heterocycles. The van der Waals surface area contributed by atoms with Crippen molar-refractivity contribution in [3.63, 3.8) is 0 Å². The Morgan fingerprint density at radius 3 is 1.89 bits per heavy atom. The zero-order valence-electron chi connectivity index (χ0n) is 25.2. The van der Waals surface area contributed by atoms with E-state index in [1.54, 1.807) is 0 Å². The lowest BCUT2D eigenvalue weighted by molar-refractivity contribution is 0.137. The predicted molar refractivity (Wildman–Crippen MR) is 184 cm³/mol. The Kier molecular flexibility index (Phi) is 5.00. The maximum Gasteiger partial charge on any atom is 0.494 e. The van der Waals surface area contributed by atoms with Gasteiger partial charge in [-0.15, -0.1) is 0 Å². The van der Waals surface area contributed by atoms with E-state index >= 15 is 0 Å². The second-order valence-corrected chi connectivity index (χ2v) is 13.2. The molecular weight excluding hydrogens is 549 g/mol. The van der Waals surface area contributed by atoms with E-state index in [-0.39, 0.29) is 18.1 Å². The van der Waals surface area contributed by atoms with Crippen LogP contribution in [0.3, 0.4) is 0 Å². The normalized spacial score (nSPS) is 16.7. The third-order valence-electron chi connectivity index (χ3n) is 10.2. The largest absolute Gasteiger partial charge is 0.494 e. The van der Waals surface area contributed by atoms with Gasteiger partial charge in [0.15, 0.2) is 0 Å². The monoisotopic (exact) mass is 579 g/mol. The Hall–Kier alpha value is -4.90. The van der Waals surface area contributed by atoms with E-state index in [1.165, 1.54) is 66.3 Å². The third kappa shape index (κ3) is 3.23. The van der Waals surface area contributed by atoms with Gasteiger partial charge >= 0.3 is 7.12 Å². The second kappa shape index (κ2) is 8.85. The Morgan fingerprint density at radius 1 is 0.600 bits per heavy atom. The minimum absolute atomic E-state index is 0.301. The Labute approximate surface area is 262 Å². The lowest BCUT2D eigenvalue weighted by Crippen LogP contribution is -2.34. The average Bonchev–Trinajstić information content (AvgIpc) is 3.79. The average molecular weight is 580 g/mol. The van der Waals surface area contributed by atoms with Gasteiger partial charge in [0.05, 0.1) is 28.7 Å². The number of fused-ring (bicyclic) bond motifs is 14. The summed E-state index contributed by atoms with van der Waals surface area (Å²) in [6, 6.07) is 49.3. The van der Waals surface area contributed by atoms with Crippen molar-refractivity contribution in [3.8, 4) is 27.9 Å². The van der Waals surface area contributed by atoms with E-state index in [2.05, 4.69) is 152 Å². The molecule has 10 rings (SSSR count). The molecule has 6 aromatic carbocycles. The first-order valence-corrected chi connectivity index (χ1v) is 15.8. The molecule has 0 bridgehead atoms. The topological polar surface area (TPSA) is 23.4 Å². The van der Waals surface area contributed by atoms with Crippen LogP contribution in [0.15, 0.2) is 133 Å². The molecule has 214 valence electrons. The van der Waals surface area contributed by atoms with Gasteiger partial charge in [-0.1, -0.05) is 115 Å². The van der Waals surface area contributed by atoms with Gasteiger partial charge in [-0.2, -0.15) is 0 Å². The number of para-hydroxylation sites is 1. The van der Waals surface area contributed by atoms with Crippen LogP contribution in [0.1, 0.15) is 36.1 Å². The molecule has 1 spiro atoms. The fraction of sp³-hybridized carbons (Fsp3) is 0.122. The van der Waals surface area contributed by atoms with Gasteiger partial charge in [0.1, 0.15) is 0 Å². The maximum atomic E-state index is 6.31. The molecule has 0 unspecified atom stereocenters. The highest BCUT2D eigenvalue weighted by Crippen LogP contribution is 2.64. The standard InChI is InChI=1S/C41H30BNO2/c1-40(2)25-44-42(45-40)26-20-23-37-32(24-26)30-21-22-36-38(39(30)43(37)27-12-4-3-5-13-27)31-16-8-11-19-35(31)41(36)33-17-9-6-14-28(33)29-15-7-10-18-34(29)41/h3-24H,25H2,1-2H3. The molecule has 3 nitrogen and oxygen atoms in total. The SMILES string of the molecule is CC1(C)COB(c2ccc3c(c2)c2ccc4c(c2n3-c2ccccc2)-c2ccccc2C42c3ccccc3-c3ccccc32)O1. The van der Waals surface area contributed by atoms with Crippen molar-refractivity contribution in [3.05, 3.63) is 156 Å². The van der Waals surface area contributed by atoms with Crippen LogP contribution in [0.25, 0.3) is 49.7 Å². The predicted octanol–water partition coefficient (Wildman–Crippen LogP) is 8.65. The van der Waals surface area contributed by atoms with Crippen LogP contribution in [0, 0.1) is 0 Å². The number of nitrogens with zero attached hydrogens (tertiary/aromatic N) is 1. The lowest BCUT2D eigenvalue weighted by atomic mass is 9.70. The summed E-state index contributed by atoms with van der Waals surface area (Å²) in [5, 5.41) is 2.44. The summed E-state index contributed by atoms with van der Waals surface area (Å²) in [5.74, 6) is 0. The summed E-state index contributed by atoms with van der Waals surface area (Å²) in [6.45, 7) is 4.75. The van der Waals surface area contributed by atoms with Gasteiger partial charge < -0.3 is 13.9 Å². The van der Waals surface area contributed by atoms with Crippen LogP contribution in [-0.4, -0.2) is 23.9 Å². The molecule has 1 fully saturated rings. The van der Waals surface area contributed by atoms with E-state index in [0.717, 1.165) is 11.2 Å². The Balaban J connectivity index is 1.35. The first-order valence-electron chi connectivity index (χ1n) is 15.8. The molecule has 0 atom stereocenters. The fourth-order valence-electron chi connectivity index (χ4n) is 8.49. The molecule has 2 aliphatic carbocycles. The highest BCUT2D eigenvalue weighted by Gasteiger charge is 2.52. The minimum atomic E-state index is -0.381. The summed E-state index contributed by atoms with van der Waals surface area (Å²) >= 11 is 0. The Morgan fingerprint density at radius 2 is 1.22 bits per heavy atom. The highest BCUT2D eigenvalue weighted by atomic mass is 16.7. The van der Waals surface area contributed by atoms with E-state index in [9.17, 15) is 0 Å². The van der Waals surface area contributed by atoms with Crippen molar-refractivity contribution in [2.45, 2.75) is 24.9 Å². The van der Waals surface area contributed by atoms with Gasteiger partial charge in [-0.05, 0) is 76.5 Å². The van der Waals surface area contributed by atoms with E-state index < -0.39 is 0 Å². The molecule has 0 saturated carbocycles. The molecular formula is C41H30BNO2. The number of hydrogen-bond donors (Lipinski definition) is 0. The van der Waals surface area contributed by atoms with Crippen molar-refractivity contribution < 1.29 is 9.31 Å². The molecule has 0 N–H and O–H groups in total. The van der Waals surface area contributed by atoms with E-state index in [1.807, 2.05) is 0 Å². The van der Waals surface area contributed by atoms with Gasteiger partial charge in [0, 0.05) is 22.0 Å². The van der Waals surface area contributed by atoms with Gasteiger partial charge in [-0.3, -0.25) is 0 Å². The highest BCUT2D eigenvalue weighted by molar-refractivity contribution is 6.62. The number of rotatable bonds is 2.